The normalized spacial score (nSPS) is 22.2. The molecule has 0 radical (unpaired) electrons. The maximum Gasteiger partial charge on any atom is 0.273 e. The third-order valence-electron chi connectivity index (χ3n) is 4.96. The number of carbonyl (C=O) groups is 2. The summed E-state index contributed by atoms with van der Waals surface area (Å²) in [5.74, 6) is 1.02. The van der Waals surface area contributed by atoms with Gasteiger partial charge in [0.05, 0.1) is 0 Å². The molecule has 2 amide bonds. The van der Waals surface area contributed by atoms with Gasteiger partial charge < -0.3 is 20.5 Å². The molecule has 2 heterocycles. The Labute approximate surface area is 151 Å². The average molecular weight is 354 g/mol. The van der Waals surface area contributed by atoms with Crippen molar-refractivity contribution in [2.75, 3.05) is 19.6 Å². The van der Waals surface area contributed by atoms with E-state index in [-0.39, 0.29) is 23.8 Å². The standard InChI is InChI=1S/C19H22N4O3/c24-18(13-4-2-1-3-5-13)21-10-14-9-20-11-16(14)22-19(25)15-8-17(26-23-15)12-6-7-12/h1-5,8,12,14,16,20H,6-7,9-11H2,(H,21,24)(H,22,25). The minimum absolute atomic E-state index is 0.0559. The second-order valence-corrected chi connectivity index (χ2v) is 6.96. The summed E-state index contributed by atoms with van der Waals surface area (Å²) in [6.07, 6.45) is 2.21. The van der Waals surface area contributed by atoms with E-state index >= 15 is 0 Å². The fourth-order valence-corrected chi connectivity index (χ4v) is 3.23. The lowest BCUT2D eigenvalue weighted by Crippen LogP contribution is -2.44. The van der Waals surface area contributed by atoms with Crippen LogP contribution in [0.15, 0.2) is 40.9 Å². The number of carbonyl (C=O) groups excluding carboxylic acids is 2. The van der Waals surface area contributed by atoms with Crippen molar-refractivity contribution in [1.29, 1.82) is 0 Å². The zero-order valence-corrected chi connectivity index (χ0v) is 14.4. The Kier molecular flexibility index (Phi) is 4.71. The lowest BCUT2D eigenvalue weighted by Gasteiger charge is -2.20. The highest BCUT2D eigenvalue weighted by Crippen LogP contribution is 2.40. The molecule has 1 saturated heterocycles. The second kappa shape index (κ2) is 7.29. The van der Waals surface area contributed by atoms with Crippen molar-refractivity contribution in [2.45, 2.75) is 24.8 Å². The summed E-state index contributed by atoms with van der Waals surface area (Å²) < 4.78 is 5.25. The molecule has 2 atom stereocenters. The average Bonchev–Trinajstić information content (AvgIpc) is 3.23. The Balaban J connectivity index is 1.31. The molecule has 1 saturated carbocycles. The van der Waals surface area contributed by atoms with Crippen LogP contribution in [0.4, 0.5) is 0 Å². The van der Waals surface area contributed by atoms with Gasteiger partial charge in [0.25, 0.3) is 11.8 Å². The van der Waals surface area contributed by atoms with E-state index < -0.39 is 0 Å². The summed E-state index contributed by atoms with van der Waals surface area (Å²) in [4.78, 5) is 24.6. The number of amides is 2. The summed E-state index contributed by atoms with van der Waals surface area (Å²) >= 11 is 0. The molecule has 2 fully saturated rings. The Morgan fingerprint density at radius 3 is 2.73 bits per heavy atom. The van der Waals surface area contributed by atoms with Gasteiger partial charge in [0.15, 0.2) is 5.69 Å². The zero-order valence-electron chi connectivity index (χ0n) is 14.4. The molecule has 3 N–H and O–H groups in total. The third kappa shape index (κ3) is 3.77. The molecule has 0 spiro atoms. The van der Waals surface area contributed by atoms with Gasteiger partial charge in [-0.1, -0.05) is 23.4 Å². The van der Waals surface area contributed by atoms with Crippen molar-refractivity contribution in [3.63, 3.8) is 0 Å². The Morgan fingerprint density at radius 2 is 1.96 bits per heavy atom. The molecule has 2 aromatic rings. The van der Waals surface area contributed by atoms with Gasteiger partial charge in [-0.15, -0.1) is 0 Å². The van der Waals surface area contributed by atoms with Gasteiger partial charge in [-0.05, 0) is 25.0 Å². The molecular formula is C19H22N4O3. The van der Waals surface area contributed by atoms with Gasteiger partial charge in [-0.3, -0.25) is 9.59 Å². The zero-order chi connectivity index (χ0) is 17.9. The van der Waals surface area contributed by atoms with Crippen LogP contribution < -0.4 is 16.0 Å². The number of hydrogen-bond donors (Lipinski definition) is 3. The van der Waals surface area contributed by atoms with E-state index in [2.05, 4.69) is 21.1 Å². The van der Waals surface area contributed by atoms with Crippen LogP contribution in [0.1, 0.15) is 45.4 Å². The predicted octanol–water partition coefficient (Wildman–Crippen LogP) is 1.30. The van der Waals surface area contributed by atoms with Gasteiger partial charge in [-0.25, -0.2) is 0 Å². The summed E-state index contributed by atoms with van der Waals surface area (Å²) in [5, 5.41) is 13.1. The Hall–Kier alpha value is -2.67. The summed E-state index contributed by atoms with van der Waals surface area (Å²) in [6, 6.07) is 10.8. The lowest BCUT2D eigenvalue weighted by atomic mass is 10.0. The molecule has 26 heavy (non-hydrogen) atoms. The van der Waals surface area contributed by atoms with Gasteiger partial charge in [0.1, 0.15) is 5.76 Å². The first-order valence-corrected chi connectivity index (χ1v) is 9.02. The third-order valence-corrected chi connectivity index (χ3v) is 4.96. The summed E-state index contributed by atoms with van der Waals surface area (Å²) in [7, 11) is 0. The SMILES string of the molecule is O=C(NCC1CNCC1NC(=O)c1cc(C2CC2)on1)c1ccccc1. The van der Waals surface area contributed by atoms with Crippen molar-refractivity contribution in [3.05, 3.63) is 53.4 Å². The topological polar surface area (TPSA) is 96.3 Å². The highest BCUT2D eigenvalue weighted by atomic mass is 16.5. The fraction of sp³-hybridized carbons (Fsp3) is 0.421. The minimum Gasteiger partial charge on any atom is -0.360 e. The van der Waals surface area contributed by atoms with Crippen LogP contribution in [0.25, 0.3) is 0 Å². The van der Waals surface area contributed by atoms with Gasteiger partial charge in [0.2, 0.25) is 0 Å². The van der Waals surface area contributed by atoms with Crippen LogP contribution in [0.5, 0.6) is 0 Å². The van der Waals surface area contributed by atoms with Crippen LogP contribution in [0.3, 0.4) is 0 Å². The number of hydrogen-bond acceptors (Lipinski definition) is 5. The van der Waals surface area contributed by atoms with E-state index in [0.29, 0.717) is 30.3 Å². The number of aromatic nitrogens is 1. The van der Waals surface area contributed by atoms with Crippen molar-refractivity contribution in [3.8, 4) is 0 Å². The highest BCUT2D eigenvalue weighted by molar-refractivity contribution is 5.94. The van der Waals surface area contributed by atoms with E-state index in [1.807, 2.05) is 18.2 Å². The first-order valence-electron chi connectivity index (χ1n) is 9.02. The minimum atomic E-state index is -0.228. The van der Waals surface area contributed by atoms with E-state index in [1.165, 1.54) is 0 Å². The highest BCUT2D eigenvalue weighted by Gasteiger charge is 2.32. The molecule has 7 heteroatoms. The molecular weight excluding hydrogens is 332 g/mol. The number of benzene rings is 1. The van der Waals surface area contributed by atoms with Crippen LogP contribution in [-0.4, -0.2) is 42.6 Å². The quantitative estimate of drug-likeness (QED) is 0.727. The first kappa shape index (κ1) is 16.8. The van der Waals surface area contributed by atoms with Gasteiger partial charge >= 0.3 is 0 Å². The molecule has 4 rings (SSSR count). The summed E-state index contributed by atoms with van der Waals surface area (Å²) in [5.41, 5.74) is 0.958. The second-order valence-electron chi connectivity index (χ2n) is 6.96. The first-order chi connectivity index (χ1) is 12.7. The van der Waals surface area contributed by atoms with Crippen molar-refractivity contribution < 1.29 is 14.1 Å². The monoisotopic (exact) mass is 354 g/mol. The van der Waals surface area contributed by atoms with Crippen molar-refractivity contribution >= 4 is 11.8 Å². The molecule has 2 aliphatic rings. The fourth-order valence-electron chi connectivity index (χ4n) is 3.23. The van der Waals surface area contributed by atoms with Gasteiger partial charge in [-0.2, -0.15) is 0 Å². The van der Waals surface area contributed by atoms with Crippen molar-refractivity contribution in [2.24, 2.45) is 5.92 Å². The number of nitrogens with zero attached hydrogens (tertiary/aromatic N) is 1. The maximum absolute atomic E-state index is 12.4. The maximum atomic E-state index is 12.4. The van der Waals surface area contributed by atoms with E-state index in [1.54, 1.807) is 18.2 Å². The van der Waals surface area contributed by atoms with E-state index in [0.717, 1.165) is 25.1 Å². The van der Waals surface area contributed by atoms with E-state index in [9.17, 15) is 9.59 Å². The Bertz CT molecular complexity index is 785. The molecule has 2 unspecified atom stereocenters. The smallest absolute Gasteiger partial charge is 0.273 e. The van der Waals surface area contributed by atoms with Crippen molar-refractivity contribution in [1.82, 2.24) is 21.1 Å². The number of rotatable bonds is 6. The van der Waals surface area contributed by atoms with Crippen LogP contribution in [0.2, 0.25) is 0 Å². The molecule has 0 bridgehead atoms. The summed E-state index contributed by atoms with van der Waals surface area (Å²) in [6.45, 7) is 1.91. The van der Waals surface area contributed by atoms with Crippen LogP contribution in [0, 0.1) is 5.92 Å². The molecule has 136 valence electrons. The van der Waals surface area contributed by atoms with E-state index in [4.69, 9.17) is 4.52 Å². The van der Waals surface area contributed by atoms with Crippen LogP contribution in [-0.2, 0) is 0 Å². The molecule has 1 aromatic heterocycles. The largest absolute Gasteiger partial charge is 0.360 e. The lowest BCUT2D eigenvalue weighted by molar-refractivity contribution is 0.0918. The Morgan fingerprint density at radius 1 is 1.15 bits per heavy atom. The van der Waals surface area contributed by atoms with Crippen LogP contribution >= 0.6 is 0 Å². The molecule has 7 nitrogen and oxygen atoms in total. The number of nitrogens with one attached hydrogen (secondary N) is 3. The van der Waals surface area contributed by atoms with Gasteiger partial charge in [0, 0.05) is 49.1 Å². The molecule has 1 aliphatic heterocycles. The molecule has 1 aromatic carbocycles. The molecule has 1 aliphatic carbocycles. The predicted molar refractivity (Wildman–Crippen MR) is 94.9 cm³/mol.